The first kappa shape index (κ1) is 10.9. The van der Waals surface area contributed by atoms with Crippen LogP contribution in [0.1, 0.15) is 17.3 Å². The zero-order valence-corrected chi connectivity index (χ0v) is 9.06. The molecule has 0 aliphatic carbocycles. The summed E-state index contributed by atoms with van der Waals surface area (Å²) in [6, 6.07) is 7.19. The van der Waals surface area contributed by atoms with E-state index >= 15 is 0 Å². The Morgan fingerprint density at radius 3 is 2.57 bits per heavy atom. The molecule has 0 spiro atoms. The molecule has 1 N–H and O–H groups in total. The highest BCUT2D eigenvalue weighted by molar-refractivity contribution is 7.99. The van der Waals surface area contributed by atoms with Gasteiger partial charge in [0.05, 0.1) is 12.2 Å². The van der Waals surface area contributed by atoms with Crippen LogP contribution in [0.25, 0.3) is 0 Å². The molecule has 0 aliphatic heterocycles. The number of anilines is 1. The largest absolute Gasteiger partial charge is 0.462 e. The van der Waals surface area contributed by atoms with Crippen molar-refractivity contribution < 1.29 is 9.53 Å². The van der Waals surface area contributed by atoms with Crippen LogP contribution < -0.4 is 4.72 Å². The van der Waals surface area contributed by atoms with E-state index in [1.807, 2.05) is 18.4 Å². The van der Waals surface area contributed by atoms with Crippen LogP contribution in [0.3, 0.4) is 0 Å². The Morgan fingerprint density at radius 1 is 1.43 bits per heavy atom. The normalized spacial score (nSPS) is 9.57. The van der Waals surface area contributed by atoms with Crippen molar-refractivity contribution in [3.8, 4) is 0 Å². The monoisotopic (exact) mass is 211 g/mol. The summed E-state index contributed by atoms with van der Waals surface area (Å²) in [6.45, 7) is 2.20. The molecule has 1 rings (SSSR count). The Hall–Kier alpha value is -1.16. The standard InChI is InChI=1S/C10H13NO2S/c1-3-13-10(12)8-4-6-9(7-5-8)11-14-2/h4-7,11H,3H2,1-2H3. The van der Waals surface area contributed by atoms with Crippen LogP contribution >= 0.6 is 11.9 Å². The number of benzene rings is 1. The van der Waals surface area contributed by atoms with E-state index in [4.69, 9.17) is 4.74 Å². The minimum absolute atomic E-state index is 0.275. The lowest BCUT2D eigenvalue weighted by atomic mass is 10.2. The minimum Gasteiger partial charge on any atom is -0.462 e. The summed E-state index contributed by atoms with van der Waals surface area (Å²) >= 11 is 1.51. The fourth-order valence-corrected chi connectivity index (χ4v) is 1.38. The summed E-state index contributed by atoms with van der Waals surface area (Å²) in [7, 11) is 0. The summed E-state index contributed by atoms with van der Waals surface area (Å²) in [5, 5.41) is 0. The molecule has 0 amide bonds. The van der Waals surface area contributed by atoms with Gasteiger partial charge in [-0.3, -0.25) is 0 Å². The molecule has 1 aromatic carbocycles. The molecule has 76 valence electrons. The molecular weight excluding hydrogens is 198 g/mol. The Kier molecular flexibility index (Phi) is 4.32. The number of hydrogen-bond donors (Lipinski definition) is 1. The van der Waals surface area contributed by atoms with Gasteiger partial charge in [0.1, 0.15) is 0 Å². The van der Waals surface area contributed by atoms with Crippen molar-refractivity contribution in [2.45, 2.75) is 6.92 Å². The van der Waals surface area contributed by atoms with Gasteiger partial charge < -0.3 is 9.46 Å². The third kappa shape index (κ3) is 2.96. The fourth-order valence-electron chi connectivity index (χ4n) is 1.01. The number of carbonyl (C=O) groups is 1. The second-order valence-corrected chi connectivity index (χ2v) is 3.22. The average molecular weight is 211 g/mol. The lowest BCUT2D eigenvalue weighted by molar-refractivity contribution is 0.0526. The molecule has 3 nitrogen and oxygen atoms in total. The Balaban J connectivity index is 2.67. The second-order valence-electron chi connectivity index (χ2n) is 2.60. The molecule has 0 fully saturated rings. The average Bonchev–Trinajstić information content (AvgIpc) is 2.20. The Bertz CT molecular complexity index is 297. The van der Waals surface area contributed by atoms with E-state index in [9.17, 15) is 4.79 Å². The van der Waals surface area contributed by atoms with Gasteiger partial charge >= 0.3 is 5.97 Å². The molecule has 0 heterocycles. The van der Waals surface area contributed by atoms with E-state index in [0.717, 1.165) is 5.69 Å². The van der Waals surface area contributed by atoms with Crippen molar-refractivity contribution >= 4 is 23.6 Å². The summed E-state index contributed by atoms with van der Waals surface area (Å²) < 4.78 is 7.93. The van der Waals surface area contributed by atoms with Gasteiger partial charge in [-0.1, -0.05) is 11.9 Å². The first-order valence-corrected chi connectivity index (χ1v) is 5.56. The zero-order chi connectivity index (χ0) is 10.4. The van der Waals surface area contributed by atoms with Crippen LogP contribution in [-0.4, -0.2) is 18.8 Å². The number of esters is 1. The van der Waals surface area contributed by atoms with E-state index in [2.05, 4.69) is 4.72 Å². The SMILES string of the molecule is CCOC(=O)c1ccc(NSC)cc1. The van der Waals surface area contributed by atoms with Crippen molar-refractivity contribution in [3.63, 3.8) is 0 Å². The summed E-state index contributed by atoms with van der Waals surface area (Å²) in [5.41, 5.74) is 1.56. The van der Waals surface area contributed by atoms with Crippen LogP contribution in [-0.2, 0) is 4.74 Å². The third-order valence-corrected chi connectivity index (χ3v) is 2.06. The van der Waals surface area contributed by atoms with Gasteiger partial charge in [0.25, 0.3) is 0 Å². The van der Waals surface area contributed by atoms with E-state index in [0.29, 0.717) is 12.2 Å². The van der Waals surface area contributed by atoms with Gasteiger partial charge in [-0.2, -0.15) is 0 Å². The quantitative estimate of drug-likeness (QED) is 0.613. The fraction of sp³-hybridized carbons (Fsp3) is 0.300. The van der Waals surface area contributed by atoms with E-state index < -0.39 is 0 Å². The molecule has 1 aromatic rings. The van der Waals surface area contributed by atoms with Crippen molar-refractivity contribution in [3.05, 3.63) is 29.8 Å². The molecule has 0 saturated heterocycles. The number of nitrogens with one attached hydrogen (secondary N) is 1. The Labute approximate surface area is 88.0 Å². The molecule has 0 atom stereocenters. The molecule has 0 radical (unpaired) electrons. The lowest BCUT2D eigenvalue weighted by Gasteiger charge is -2.04. The Morgan fingerprint density at radius 2 is 2.07 bits per heavy atom. The number of hydrogen-bond acceptors (Lipinski definition) is 4. The highest BCUT2D eigenvalue weighted by Gasteiger charge is 2.04. The molecule has 0 bridgehead atoms. The van der Waals surface area contributed by atoms with Gasteiger partial charge in [0.15, 0.2) is 0 Å². The van der Waals surface area contributed by atoms with Gasteiger partial charge in [-0.15, -0.1) is 0 Å². The predicted molar refractivity (Wildman–Crippen MR) is 59.5 cm³/mol. The van der Waals surface area contributed by atoms with Crippen molar-refractivity contribution in [1.29, 1.82) is 0 Å². The third-order valence-electron chi connectivity index (χ3n) is 1.62. The smallest absolute Gasteiger partial charge is 0.338 e. The summed E-state index contributed by atoms with van der Waals surface area (Å²) in [5.74, 6) is -0.275. The summed E-state index contributed by atoms with van der Waals surface area (Å²) in [4.78, 5) is 11.3. The molecule has 14 heavy (non-hydrogen) atoms. The van der Waals surface area contributed by atoms with Crippen molar-refractivity contribution in [2.24, 2.45) is 0 Å². The maximum Gasteiger partial charge on any atom is 0.338 e. The van der Waals surface area contributed by atoms with Gasteiger partial charge in [-0.05, 0) is 31.2 Å². The highest BCUT2D eigenvalue weighted by Crippen LogP contribution is 2.12. The van der Waals surface area contributed by atoms with Crippen molar-refractivity contribution in [2.75, 3.05) is 17.6 Å². The minimum atomic E-state index is -0.275. The maximum atomic E-state index is 11.3. The van der Waals surface area contributed by atoms with E-state index in [1.54, 1.807) is 19.1 Å². The maximum absolute atomic E-state index is 11.3. The molecule has 0 saturated carbocycles. The van der Waals surface area contributed by atoms with Gasteiger partial charge in [-0.25, -0.2) is 4.79 Å². The number of ether oxygens (including phenoxy) is 1. The molecular formula is C10H13NO2S. The van der Waals surface area contributed by atoms with E-state index in [1.165, 1.54) is 11.9 Å². The van der Waals surface area contributed by atoms with Crippen LogP contribution in [0.2, 0.25) is 0 Å². The van der Waals surface area contributed by atoms with Crippen LogP contribution in [0, 0.1) is 0 Å². The second kappa shape index (κ2) is 5.54. The molecule has 0 aliphatic rings. The van der Waals surface area contributed by atoms with Crippen LogP contribution in [0.15, 0.2) is 24.3 Å². The van der Waals surface area contributed by atoms with E-state index in [-0.39, 0.29) is 5.97 Å². The van der Waals surface area contributed by atoms with Crippen molar-refractivity contribution in [1.82, 2.24) is 0 Å². The zero-order valence-electron chi connectivity index (χ0n) is 8.24. The first-order chi connectivity index (χ1) is 6.77. The molecule has 0 unspecified atom stereocenters. The highest BCUT2D eigenvalue weighted by atomic mass is 32.2. The number of rotatable bonds is 4. The van der Waals surface area contributed by atoms with Gasteiger partial charge in [0.2, 0.25) is 0 Å². The molecule has 4 heteroatoms. The van der Waals surface area contributed by atoms with Crippen LogP contribution in [0.5, 0.6) is 0 Å². The van der Waals surface area contributed by atoms with Gasteiger partial charge in [0, 0.05) is 11.9 Å². The first-order valence-electron chi connectivity index (χ1n) is 4.34. The predicted octanol–water partition coefficient (Wildman–Crippen LogP) is 2.55. The topological polar surface area (TPSA) is 38.3 Å². The van der Waals surface area contributed by atoms with Crippen LogP contribution in [0.4, 0.5) is 5.69 Å². The molecule has 0 aromatic heterocycles. The summed E-state index contributed by atoms with van der Waals surface area (Å²) in [6.07, 6.45) is 1.94. The lowest BCUT2D eigenvalue weighted by Crippen LogP contribution is -2.04. The number of carbonyl (C=O) groups excluding carboxylic acids is 1.